The highest BCUT2D eigenvalue weighted by Crippen LogP contribution is 2.40. The van der Waals surface area contributed by atoms with Gasteiger partial charge in [-0.25, -0.2) is 0 Å². The standard InChI is InChI=1S/C20H26N2O3/c1-14-11-16-12-15(3-4-17(16)25-14)19(24)22-9-7-20(8-10-22)6-5-18(23)21(2)13-20/h3-4,12,14H,5-11,13H2,1-2H3/t14-/m1/s1. The summed E-state index contributed by atoms with van der Waals surface area (Å²) in [5.74, 6) is 1.28. The van der Waals surface area contributed by atoms with E-state index in [1.807, 2.05) is 35.0 Å². The summed E-state index contributed by atoms with van der Waals surface area (Å²) in [7, 11) is 1.90. The molecule has 25 heavy (non-hydrogen) atoms. The van der Waals surface area contributed by atoms with E-state index in [9.17, 15) is 9.59 Å². The van der Waals surface area contributed by atoms with E-state index in [-0.39, 0.29) is 23.3 Å². The third-order valence-corrected chi connectivity index (χ3v) is 6.12. The van der Waals surface area contributed by atoms with Crippen LogP contribution in [0.3, 0.4) is 0 Å². The van der Waals surface area contributed by atoms with Crippen LogP contribution in [0.25, 0.3) is 0 Å². The smallest absolute Gasteiger partial charge is 0.253 e. The van der Waals surface area contributed by atoms with Gasteiger partial charge in [-0.05, 0) is 55.4 Å². The Hall–Kier alpha value is -2.04. The molecule has 3 aliphatic rings. The molecule has 0 radical (unpaired) electrons. The second-order valence-electron chi connectivity index (χ2n) is 8.00. The average molecular weight is 342 g/mol. The number of carbonyl (C=O) groups is 2. The Morgan fingerprint density at radius 1 is 1.24 bits per heavy atom. The van der Waals surface area contributed by atoms with E-state index in [2.05, 4.69) is 6.92 Å². The Kier molecular flexibility index (Phi) is 3.97. The zero-order valence-electron chi connectivity index (χ0n) is 15.1. The number of rotatable bonds is 1. The monoisotopic (exact) mass is 342 g/mol. The molecule has 3 heterocycles. The van der Waals surface area contributed by atoms with Crippen molar-refractivity contribution in [1.82, 2.24) is 9.80 Å². The fourth-order valence-corrected chi connectivity index (χ4v) is 4.56. The molecule has 4 rings (SSSR count). The average Bonchev–Trinajstić information content (AvgIpc) is 2.98. The van der Waals surface area contributed by atoms with E-state index in [1.54, 1.807) is 0 Å². The predicted molar refractivity (Wildman–Crippen MR) is 94.7 cm³/mol. The first kappa shape index (κ1) is 16.4. The van der Waals surface area contributed by atoms with Crippen LogP contribution in [0.1, 0.15) is 48.5 Å². The Morgan fingerprint density at radius 3 is 2.72 bits per heavy atom. The van der Waals surface area contributed by atoms with Gasteiger partial charge in [-0.1, -0.05) is 0 Å². The molecule has 0 aromatic heterocycles. The Labute approximate surface area is 148 Å². The van der Waals surface area contributed by atoms with Gasteiger partial charge < -0.3 is 14.5 Å². The fourth-order valence-electron chi connectivity index (χ4n) is 4.56. The van der Waals surface area contributed by atoms with Crippen LogP contribution in [0.5, 0.6) is 5.75 Å². The van der Waals surface area contributed by atoms with Gasteiger partial charge in [-0.15, -0.1) is 0 Å². The number of hydrogen-bond donors (Lipinski definition) is 0. The van der Waals surface area contributed by atoms with Crippen LogP contribution in [0.2, 0.25) is 0 Å². The van der Waals surface area contributed by atoms with Gasteiger partial charge in [0.2, 0.25) is 5.91 Å². The molecule has 134 valence electrons. The van der Waals surface area contributed by atoms with Crippen molar-refractivity contribution in [2.75, 3.05) is 26.7 Å². The molecule has 1 atom stereocenters. The highest BCUT2D eigenvalue weighted by atomic mass is 16.5. The molecule has 3 aliphatic heterocycles. The van der Waals surface area contributed by atoms with Crippen molar-refractivity contribution in [2.45, 2.75) is 45.1 Å². The van der Waals surface area contributed by atoms with Crippen LogP contribution in [0, 0.1) is 5.41 Å². The highest BCUT2D eigenvalue weighted by molar-refractivity contribution is 5.94. The molecule has 1 aromatic carbocycles. The van der Waals surface area contributed by atoms with Crippen molar-refractivity contribution >= 4 is 11.8 Å². The minimum atomic E-state index is 0.123. The van der Waals surface area contributed by atoms with Crippen LogP contribution in [0.15, 0.2) is 18.2 Å². The van der Waals surface area contributed by atoms with Crippen molar-refractivity contribution in [3.05, 3.63) is 29.3 Å². The van der Waals surface area contributed by atoms with Crippen molar-refractivity contribution in [3.8, 4) is 5.75 Å². The molecule has 0 unspecified atom stereocenters. The van der Waals surface area contributed by atoms with Crippen LogP contribution in [0.4, 0.5) is 0 Å². The van der Waals surface area contributed by atoms with E-state index in [0.717, 1.165) is 62.2 Å². The maximum absolute atomic E-state index is 12.9. The van der Waals surface area contributed by atoms with Gasteiger partial charge in [-0.2, -0.15) is 0 Å². The second-order valence-corrected chi connectivity index (χ2v) is 8.00. The number of nitrogens with zero attached hydrogens (tertiary/aromatic N) is 2. The molecule has 0 aliphatic carbocycles. The first-order valence-corrected chi connectivity index (χ1v) is 9.29. The van der Waals surface area contributed by atoms with Crippen molar-refractivity contribution in [3.63, 3.8) is 0 Å². The summed E-state index contributed by atoms with van der Waals surface area (Å²) in [6, 6.07) is 5.81. The van der Waals surface area contributed by atoms with Gasteiger partial charge >= 0.3 is 0 Å². The summed E-state index contributed by atoms with van der Waals surface area (Å²) in [6.45, 7) is 4.45. The van der Waals surface area contributed by atoms with Gasteiger partial charge in [0, 0.05) is 45.1 Å². The molecule has 5 nitrogen and oxygen atoms in total. The molecule has 0 saturated carbocycles. The maximum Gasteiger partial charge on any atom is 0.253 e. The molecular formula is C20H26N2O3. The van der Waals surface area contributed by atoms with Gasteiger partial charge in [0.25, 0.3) is 5.91 Å². The summed E-state index contributed by atoms with van der Waals surface area (Å²) in [5.41, 5.74) is 2.11. The SMILES string of the molecule is C[C@@H]1Cc2cc(C(=O)N3CCC4(CCC(=O)N(C)C4)CC3)ccc2O1. The van der Waals surface area contributed by atoms with Crippen LogP contribution in [-0.2, 0) is 11.2 Å². The minimum Gasteiger partial charge on any atom is -0.490 e. The molecule has 2 saturated heterocycles. The molecule has 1 spiro atoms. The lowest BCUT2D eigenvalue weighted by atomic mass is 9.72. The summed E-state index contributed by atoms with van der Waals surface area (Å²) in [4.78, 5) is 28.5. The number of benzene rings is 1. The van der Waals surface area contributed by atoms with Crippen molar-refractivity contribution in [2.24, 2.45) is 5.41 Å². The van der Waals surface area contributed by atoms with E-state index in [0.29, 0.717) is 6.42 Å². The van der Waals surface area contributed by atoms with E-state index in [4.69, 9.17) is 4.74 Å². The van der Waals surface area contributed by atoms with Crippen molar-refractivity contribution in [1.29, 1.82) is 0 Å². The number of fused-ring (bicyclic) bond motifs is 1. The Bertz CT molecular complexity index is 707. The third kappa shape index (κ3) is 3.00. The maximum atomic E-state index is 12.9. The molecular weight excluding hydrogens is 316 g/mol. The van der Waals surface area contributed by atoms with Gasteiger partial charge in [0.15, 0.2) is 0 Å². The zero-order chi connectivity index (χ0) is 17.6. The topological polar surface area (TPSA) is 49.9 Å². The van der Waals surface area contributed by atoms with E-state index < -0.39 is 0 Å². The number of carbonyl (C=O) groups excluding carboxylic acids is 2. The zero-order valence-corrected chi connectivity index (χ0v) is 15.1. The van der Waals surface area contributed by atoms with E-state index in [1.165, 1.54) is 0 Å². The van der Waals surface area contributed by atoms with Crippen LogP contribution < -0.4 is 4.74 Å². The van der Waals surface area contributed by atoms with Crippen molar-refractivity contribution < 1.29 is 14.3 Å². The molecule has 1 aromatic rings. The largest absolute Gasteiger partial charge is 0.490 e. The Balaban J connectivity index is 1.42. The number of ether oxygens (including phenoxy) is 1. The number of amides is 2. The summed E-state index contributed by atoms with van der Waals surface area (Å²) < 4.78 is 5.72. The summed E-state index contributed by atoms with van der Waals surface area (Å²) in [6.07, 6.45) is 4.66. The number of likely N-dealkylation sites (tertiary alicyclic amines) is 2. The lowest BCUT2D eigenvalue weighted by molar-refractivity contribution is -0.137. The highest BCUT2D eigenvalue weighted by Gasteiger charge is 2.40. The molecule has 2 fully saturated rings. The lowest BCUT2D eigenvalue weighted by Crippen LogP contribution is -2.51. The minimum absolute atomic E-state index is 0.123. The second kappa shape index (κ2) is 6.04. The molecule has 2 amide bonds. The molecule has 5 heteroatoms. The summed E-state index contributed by atoms with van der Waals surface area (Å²) in [5, 5.41) is 0. The van der Waals surface area contributed by atoms with Crippen LogP contribution >= 0.6 is 0 Å². The van der Waals surface area contributed by atoms with Gasteiger partial charge in [0.1, 0.15) is 11.9 Å². The van der Waals surface area contributed by atoms with E-state index >= 15 is 0 Å². The Morgan fingerprint density at radius 2 is 2.00 bits per heavy atom. The number of piperidine rings is 2. The molecule has 0 bridgehead atoms. The number of hydrogen-bond acceptors (Lipinski definition) is 3. The first-order chi connectivity index (χ1) is 12.0. The van der Waals surface area contributed by atoms with Gasteiger partial charge in [0.05, 0.1) is 0 Å². The van der Waals surface area contributed by atoms with Gasteiger partial charge in [-0.3, -0.25) is 9.59 Å². The quantitative estimate of drug-likeness (QED) is 0.788. The first-order valence-electron chi connectivity index (χ1n) is 9.29. The lowest BCUT2D eigenvalue weighted by Gasteiger charge is -2.46. The van der Waals surface area contributed by atoms with Crippen LogP contribution in [-0.4, -0.2) is 54.4 Å². The molecule has 0 N–H and O–H groups in total. The normalized spacial score (nSPS) is 25.0. The third-order valence-electron chi connectivity index (χ3n) is 6.12. The fraction of sp³-hybridized carbons (Fsp3) is 0.600. The summed E-state index contributed by atoms with van der Waals surface area (Å²) >= 11 is 0. The predicted octanol–water partition coefficient (Wildman–Crippen LogP) is 2.48.